The number of ether oxygens (including phenoxy) is 1. The summed E-state index contributed by atoms with van der Waals surface area (Å²) in [6.45, 7) is 2.03. The van der Waals surface area contributed by atoms with E-state index in [1.807, 2.05) is 49.4 Å². The Morgan fingerprint density at radius 3 is 2.43 bits per heavy atom. The molecule has 2 aromatic carbocycles. The molecule has 1 heterocycles. The molecule has 0 amide bonds. The summed E-state index contributed by atoms with van der Waals surface area (Å²) in [5.74, 6) is -0.0616. The highest BCUT2D eigenvalue weighted by molar-refractivity contribution is 7.80. The largest absolute Gasteiger partial charge is 0.457 e. The number of carbonyl (C=O) groups is 1. The molecule has 1 saturated heterocycles. The van der Waals surface area contributed by atoms with Crippen LogP contribution in [0.15, 0.2) is 54.6 Å². The third-order valence-electron chi connectivity index (χ3n) is 3.56. The molecule has 4 heteroatoms. The van der Waals surface area contributed by atoms with Gasteiger partial charge >= 0.3 is 0 Å². The molecular weight excluding hydrogens is 282 g/mol. The Hall–Kier alpha value is -2.20. The van der Waals surface area contributed by atoms with Crippen LogP contribution in [0.3, 0.4) is 0 Å². The maximum atomic E-state index is 12.6. The van der Waals surface area contributed by atoms with Crippen molar-refractivity contribution >= 4 is 23.2 Å². The second kappa shape index (κ2) is 5.66. The number of hydrogen-bond acceptors (Lipinski definition) is 3. The fourth-order valence-electron chi connectivity index (χ4n) is 2.42. The lowest BCUT2D eigenvalue weighted by molar-refractivity contribution is 0.0787. The van der Waals surface area contributed by atoms with E-state index < -0.39 is 6.10 Å². The molecule has 106 valence electrons. The molecule has 1 aliphatic rings. The van der Waals surface area contributed by atoms with Crippen LogP contribution in [-0.4, -0.2) is 17.1 Å². The van der Waals surface area contributed by atoms with Crippen LogP contribution in [0, 0.1) is 6.92 Å². The zero-order chi connectivity index (χ0) is 14.8. The summed E-state index contributed by atoms with van der Waals surface area (Å²) in [4.78, 5) is 12.6. The van der Waals surface area contributed by atoms with E-state index >= 15 is 0 Å². The predicted octanol–water partition coefficient (Wildman–Crippen LogP) is 3.19. The van der Waals surface area contributed by atoms with Crippen molar-refractivity contribution in [2.45, 2.75) is 19.1 Å². The van der Waals surface area contributed by atoms with E-state index in [9.17, 15) is 4.79 Å². The Balaban J connectivity index is 1.91. The van der Waals surface area contributed by atoms with Crippen LogP contribution in [0.2, 0.25) is 0 Å². The van der Waals surface area contributed by atoms with Gasteiger partial charge in [0.25, 0.3) is 5.17 Å². The van der Waals surface area contributed by atoms with Gasteiger partial charge in [-0.2, -0.15) is 0 Å². The number of rotatable bonds is 3. The third-order valence-corrected chi connectivity index (χ3v) is 3.78. The van der Waals surface area contributed by atoms with Gasteiger partial charge in [0.2, 0.25) is 5.78 Å². The van der Waals surface area contributed by atoms with Crippen molar-refractivity contribution in [1.29, 1.82) is 0 Å². The fraction of sp³-hybridized carbons (Fsp3) is 0.176. The molecule has 21 heavy (non-hydrogen) atoms. The van der Waals surface area contributed by atoms with E-state index in [1.165, 1.54) is 5.56 Å². The molecule has 2 aromatic rings. The predicted molar refractivity (Wildman–Crippen MR) is 85.3 cm³/mol. The molecule has 0 saturated carbocycles. The first-order chi connectivity index (χ1) is 10.1. The van der Waals surface area contributed by atoms with E-state index in [0.717, 1.165) is 5.56 Å². The van der Waals surface area contributed by atoms with Crippen LogP contribution in [0.1, 0.15) is 27.5 Å². The Morgan fingerprint density at radius 2 is 1.76 bits per heavy atom. The molecule has 0 aromatic heterocycles. The van der Waals surface area contributed by atoms with Crippen LogP contribution in [0.5, 0.6) is 0 Å². The zero-order valence-electron chi connectivity index (χ0n) is 11.6. The quantitative estimate of drug-likeness (QED) is 0.697. The highest BCUT2D eigenvalue weighted by atomic mass is 32.1. The van der Waals surface area contributed by atoms with Gasteiger partial charge in [0, 0.05) is 5.56 Å². The SMILES string of the molecule is Cc1ccc(C2NC(=S)OC2C(=O)c2ccccc2)cc1. The van der Waals surface area contributed by atoms with Crippen molar-refractivity contribution in [3.05, 3.63) is 71.3 Å². The minimum absolute atomic E-state index is 0.0616. The standard InChI is InChI=1S/C17H15NO2S/c1-11-7-9-12(10-8-11)14-16(20-17(21)18-14)15(19)13-5-3-2-4-6-13/h2-10,14,16H,1H3,(H,18,21). The summed E-state index contributed by atoms with van der Waals surface area (Å²) < 4.78 is 5.55. The first-order valence-corrected chi connectivity index (χ1v) is 7.19. The molecule has 3 nitrogen and oxygen atoms in total. The normalized spacial score (nSPS) is 20.7. The van der Waals surface area contributed by atoms with Gasteiger partial charge in [-0.25, -0.2) is 0 Å². The maximum Gasteiger partial charge on any atom is 0.258 e. The van der Waals surface area contributed by atoms with Crippen molar-refractivity contribution in [2.24, 2.45) is 0 Å². The van der Waals surface area contributed by atoms with Gasteiger partial charge < -0.3 is 10.1 Å². The highest BCUT2D eigenvalue weighted by Gasteiger charge is 2.38. The number of hydrogen-bond donors (Lipinski definition) is 1. The number of Topliss-reactive ketones (excluding diaryl/α,β-unsaturated/α-hetero) is 1. The fourth-order valence-corrected chi connectivity index (χ4v) is 2.65. The van der Waals surface area contributed by atoms with E-state index in [2.05, 4.69) is 5.32 Å². The van der Waals surface area contributed by atoms with Gasteiger partial charge in [0.05, 0.1) is 6.04 Å². The smallest absolute Gasteiger partial charge is 0.258 e. The summed E-state index contributed by atoms with van der Waals surface area (Å²) in [6, 6.07) is 16.9. The molecule has 3 rings (SSSR count). The summed E-state index contributed by atoms with van der Waals surface area (Å²) in [7, 11) is 0. The summed E-state index contributed by atoms with van der Waals surface area (Å²) >= 11 is 5.08. The number of carbonyl (C=O) groups excluding carboxylic acids is 1. The molecule has 0 spiro atoms. The van der Waals surface area contributed by atoms with Gasteiger partial charge in [0.15, 0.2) is 6.10 Å². The second-order valence-corrected chi connectivity index (χ2v) is 5.46. The van der Waals surface area contributed by atoms with E-state index in [0.29, 0.717) is 5.56 Å². The topological polar surface area (TPSA) is 38.3 Å². The summed E-state index contributed by atoms with van der Waals surface area (Å²) in [5, 5.41) is 3.35. The number of aryl methyl sites for hydroxylation is 1. The molecule has 1 aliphatic heterocycles. The van der Waals surface area contributed by atoms with Gasteiger partial charge in [-0.1, -0.05) is 60.2 Å². The summed E-state index contributed by atoms with van der Waals surface area (Å²) in [5.41, 5.74) is 2.80. The lowest BCUT2D eigenvalue weighted by Crippen LogP contribution is -2.29. The van der Waals surface area contributed by atoms with E-state index in [4.69, 9.17) is 17.0 Å². The molecule has 1 N–H and O–H groups in total. The van der Waals surface area contributed by atoms with Gasteiger partial charge in [-0.05, 0) is 24.7 Å². The van der Waals surface area contributed by atoms with Crippen molar-refractivity contribution in [3.63, 3.8) is 0 Å². The van der Waals surface area contributed by atoms with Crippen LogP contribution in [0.25, 0.3) is 0 Å². The lowest BCUT2D eigenvalue weighted by Gasteiger charge is -2.16. The Morgan fingerprint density at radius 1 is 1.10 bits per heavy atom. The maximum absolute atomic E-state index is 12.6. The average Bonchev–Trinajstić information content (AvgIpc) is 2.90. The minimum Gasteiger partial charge on any atom is -0.457 e. The average molecular weight is 297 g/mol. The molecule has 1 fully saturated rings. The lowest BCUT2D eigenvalue weighted by atomic mass is 9.95. The Bertz CT molecular complexity index is 667. The minimum atomic E-state index is -0.623. The zero-order valence-corrected chi connectivity index (χ0v) is 12.4. The van der Waals surface area contributed by atoms with Gasteiger partial charge in [0.1, 0.15) is 0 Å². The van der Waals surface area contributed by atoms with Crippen LogP contribution >= 0.6 is 12.2 Å². The first-order valence-electron chi connectivity index (χ1n) is 6.78. The van der Waals surface area contributed by atoms with Crippen LogP contribution < -0.4 is 5.32 Å². The third kappa shape index (κ3) is 2.81. The Kier molecular flexibility index (Phi) is 3.71. The van der Waals surface area contributed by atoms with E-state index in [-0.39, 0.29) is 17.0 Å². The van der Waals surface area contributed by atoms with Crippen molar-refractivity contribution in [3.8, 4) is 0 Å². The highest BCUT2D eigenvalue weighted by Crippen LogP contribution is 2.27. The molecule has 2 unspecified atom stereocenters. The number of ketones is 1. The van der Waals surface area contributed by atoms with Gasteiger partial charge in [-0.3, -0.25) is 4.79 Å². The number of thiocarbonyl (C=S) groups is 1. The van der Waals surface area contributed by atoms with E-state index in [1.54, 1.807) is 12.1 Å². The first kappa shape index (κ1) is 13.8. The number of benzene rings is 2. The van der Waals surface area contributed by atoms with Crippen LogP contribution in [-0.2, 0) is 4.74 Å². The Labute approximate surface area is 128 Å². The van der Waals surface area contributed by atoms with Crippen molar-refractivity contribution in [2.75, 3.05) is 0 Å². The number of nitrogens with one attached hydrogen (secondary N) is 1. The molecule has 2 atom stereocenters. The van der Waals surface area contributed by atoms with Crippen molar-refractivity contribution < 1.29 is 9.53 Å². The summed E-state index contributed by atoms with van der Waals surface area (Å²) in [6.07, 6.45) is -0.623. The molecule has 0 bridgehead atoms. The van der Waals surface area contributed by atoms with Gasteiger partial charge in [-0.15, -0.1) is 0 Å². The van der Waals surface area contributed by atoms with Crippen LogP contribution in [0.4, 0.5) is 0 Å². The molecule has 0 radical (unpaired) electrons. The monoisotopic (exact) mass is 297 g/mol. The molecule has 0 aliphatic carbocycles. The van der Waals surface area contributed by atoms with Crippen molar-refractivity contribution in [1.82, 2.24) is 5.32 Å². The molecular formula is C17H15NO2S. The second-order valence-electron chi connectivity index (χ2n) is 5.09.